The van der Waals surface area contributed by atoms with E-state index in [0.29, 0.717) is 34.6 Å². The lowest BCUT2D eigenvalue weighted by Gasteiger charge is -2.40. The van der Waals surface area contributed by atoms with Gasteiger partial charge in [0.2, 0.25) is 0 Å². The standard InChI is InChI=1S/C26H34ClN3O4S/c1-26(2)24(31)29(20-8-7-18(17-28)22(27)16-20)25(35)30(26)19-9-11-21(12-10-19)32-14-5-15-34-23-6-3-4-13-33-23/h7-8,16,19,21,23H,3-6,9-15H2,1-2H3/t19-,21-,23?. The van der Waals surface area contributed by atoms with Crippen LogP contribution in [0.4, 0.5) is 5.69 Å². The van der Waals surface area contributed by atoms with Gasteiger partial charge in [0.05, 0.1) is 29.0 Å². The number of anilines is 1. The van der Waals surface area contributed by atoms with Gasteiger partial charge in [0.25, 0.3) is 5.91 Å². The predicted octanol–water partition coefficient (Wildman–Crippen LogP) is 5.18. The second kappa shape index (κ2) is 11.5. The van der Waals surface area contributed by atoms with Crippen LogP contribution in [0.2, 0.25) is 5.02 Å². The quantitative estimate of drug-likeness (QED) is 0.346. The second-order valence-corrected chi connectivity index (χ2v) is 10.7. The molecule has 2 heterocycles. The molecule has 1 aromatic rings. The van der Waals surface area contributed by atoms with Crippen molar-refractivity contribution in [3.05, 3.63) is 28.8 Å². The summed E-state index contributed by atoms with van der Waals surface area (Å²) in [5, 5.41) is 9.96. The largest absolute Gasteiger partial charge is 0.378 e. The Balaban J connectivity index is 1.28. The van der Waals surface area contributed by atoms with Crippen molar-refractivity contribution in [2.75, 3.05) is 24.7 Å². The molecule has 1 unspecified atom stereocenters. The third-order valence-corrected chi connectivity index (χ3v) is 7.84. The Kier molecular flexibility index (Phi) is 8.67. The summed E-state index contributed by atoms with van der Waals surface area (Å²) >= 11 is 12.0. The fraction of sp³-hybridized carbons (Fsp3) is 0.654. The number of carbonyl (C=O) groups excluding carboxylic acids is 1. The highest BCUT2D eigenvalue weighted by Gasteiger charge is 2.52. The molecule has 1 atom stereocenters. The van der Waals surface area contributed by atoms with Crippen LogP contribution in [0.25, 0.3) is 0 Å². The summed E-state index contributed by atoms with van der Waals surface area (Å²) in [6.07, 6.45) is 8.01. The molecule has 1 aliphatic carbocycles. The summed E-state index contributed by atoms with van der Waals surface area (Å²) in [7, 11) is 0. The van der Waals surface area contributed by atoms with E-state index >= 15 is 0 Å². The molecule has 0 bridgehead atoms. The number of rotatable bonds is 8. The van der Waals surface area contributed by atoms with Gasteiger partial charge in [0.15, 0.2) is 11.4 Å². The van der Waals surface area contributed by atoms with E-state index in [0.717, 1.165) is 51.6 Å². The topological polar surface area (TPSA) is 75.0 Å². The molecule has 9 heteroatoms. The Bertz CT molecular complexity index is 968. The SMILES string of the molecule is CC1(C)C(=O)N(c2ccc(C#N)c(Cl)c2)C(=S)N1[C@H]1CC[C@H](OCCCOC2CCCCO2)CC1. The van der Waals surface area contributed by atoms with Gasteiger partial charge in [-0.05, 0) is 95.6 Å². The minimum Gasteiger partial charge on any atom is -0.378 e. The van der Waals surface area contributed by atoms with Crippen LogP contribution in [0.5, 0.6) is 0 Å². The summed E-state index contributed by atoms with van der Waals surface area (Å²) in [6, 6.07) is 7.21. The monoisotopic (exact) mass is 519 g/mol. The van der Waals surface area contributed by atoms with Crippen LogP contribution in [0.1, 0.15) is 70.8 Å². The molecule has 2 aliphatic heterocycles. The lowest BCUT2D eigenvalue weighted by atomic mass is 9.89. The van der Waals surface area contributed by atoms with Gasteiger partial charge in [-0.3, -0.25) is 9.69 Å². The molecule has 3 aliphatic rings. The lowest BCUT2D eigenvalue weighted by molar-refractivity contribution is -0.164. The van der Waals surface area contributed by atoms with Crippen molar-refractivity contribution in [1.82, 2.24) is 4.90 Å². The molecular weight excluding hydrogens is 486 g/mol. The van der Waals surface area contributed by atoms with Gasteiger partial charge in [-0.15, -0.1) is 0 Å². The Hall–Kier alpha value is -1.76. The summed E-state index contributed by atoms with van der Waals surface area (Å²) in [4.78, 5) is 17.0. The third kappa shape index (κ3) is 5.81. The number of amides is 1. The van der Waals surface area contributed by atoms with Gasteiger partial charge >= 0.3 is 0 Å². The maximum absolute atomic E-state index is 13.4. The first-order valence-corrected chi connectivity index (χ1v) is 13.3. The number of nitrogens with zero attached hydrogens (tertiary/aromatic N) is 3. The van der Waals surface area contributed by atoms with Gasteiger partial charge in [-0.1, -0.05) is 11.6 Å². The average molecular weight is 520 g/mol. The van der Waals surface area contributed by atoms with E-state index in [4.69, 9.17) is 43.3 Å². The first-order valence-electron chi connectivity index (χ1n) is 12.5. The van der Waals surface area contributed by atoms with Crippen LogP contribution in [-0.2, 0) is 19.0 Å². The minimum absolute atomic E-state index is 0.0468. The number of carbonyl (C=O) groups is 1. The molecular formula is C26H34ClN3O4S. The number of halogens is 1. The first-order chi connectivity index (χ1) is 16.8. The Morgan fingerprint density at radius 3 is 2.57 bits per heavy atom. The predicted molar refractivity (Wildman–Crippen MR) is 138 cm³/mol. The van der Waals surface area contributed by atoms with Crippen molar-refractivity contribution in [1.29, 1.82) is 5.26 Å². The van der Waals surface area contributed by atoms with Crippen LogP contribution in [0, 0.1) is 11.3 Å². The Morgan fingerprint density at radius 2 is 1.91 bits per heavy atom. The molecule has 1 amide bonds. The molecule has 0 aromatic heterocycles. The first kappa shape index (κ1) is 26.3. The smallest absolute Gasteiger partial charge is 0.258 e. The second-order valence-electron chi connectivity index (χ2n) is 9.95. The van der Waals surface area contributed by atoms with Crippen molar-refractivity contribution < 1.29 is 19.0 Å². The van der Waals surface area contributed by atoms with Gasteiger partial charge in [0.1, 0.15) is 11.6 Å². The highest BCUT2D eigenvalue weighted by atomic mass is 35.5. The number of hydrogen-bond acceptors (Lipinski definition) is 6. The zero-order valence-electron chi connectivity index (χ0n) is 20.5. The van der Waals surface area contributed by atoms with Crippen LogP contribution in [-0.4, -0.2) is 59.7 Å². The normalized spacial score (nSPS) is 26.7. The van der Waals surface area contributed by atoms with E-state index < -0.39 is 5.54 Å². The van der Waals surface area contributed by atoms with Crippen LogP contribution in [0.3, 0.4) is 0 Å². The molecule has 0 N–H and O–H groups in total. The average Bonchev–Trinajstić information content (AvgIpc) is 3.03. The molecule has 190 valence electrons. The van der Waals surface area contributed by atoms with Crippen LogP contribution >= 0.6 is 23.8 Å². The van der Waals surface area contributed by atoms with Gasteiger partial charge in [-0.2, -0.15) is 5.26 Å². The van der Waals surface area contributed by atoms with Crippen molar-refractivity contribution >= 4 is 40.5 Å². The highest BCUT2D eigenvalue weighted by molar-refractivity contribution is 7.80. The lowest BCUT2D eigenvalue weighted by Crippen LogP contribution is -2.51. The van der Waals surface area contributed by atoms with E-state index in [2.05, 4.69) is 4.90 Å². The molecule has 35 heavy (non-hydrogen) atoms. The molecule has 0 radical (unpaired) electrons. The zero-order valence-corrected chi connectivity index (χ0v) is 22.1. The van der Waals surface area contributed by atoms with Gasteiger partial charge < -0.3 is 19.1 Å². The molecule has 1 saturated carbocycles. The summed E-state index contributed by atoms with van der Waals surface area (Å²) < 4.78 is 17.5. The molecule has 3 fully saturated rings. The Labute approximate surface area is 218 Å². The Morgan fingerprint density at radius 1 is 1.17 bits per heavy atom. The number of benzene rings is 1. The van der Waals surface area contributed by atoms with E-state index in [9.17, 15) is 4.79 Å². The fourth-order valence-corrected chi connectivity index (χ4v) is 6.00. The molecule has 1 aromatic carbocycles. The third-order valence-electron chi connectivity index (χ3n) is 7.15. The maximum atomic E-state index is 13.4. The van der Waals surface area contributed by atoms with E-state index in [1.165, 1.54) is 6.42 Å². The van der Waals surface area contributed by atoms with E-state index in [1.54, 1.807) is 23.1 Å². The summed E-state index contributed by atoms with van der Waals surface area (Å²) in [6.45, 7) is 5.98. The molecule has 0 spiro atoms. The summed E-state index contributed by atoms with van der Waals surface area (Å²) in [5.74, 6) is -0.0800. The molecule has 7 nitrogen and oxygen atoms in total. The number of ether oxygens (including phenoxy) is 3. The number of hydrogen-bond donors (Lipinski definition) is 0. The fourth-order valence-electron chi connectivity index (χ4n) is 5.22. The highest BCUT2D eigenvalue weighted by Crippen LogP contribution is 2.39. The van der Waals surface area contributed by atoms with Gasteiger partial charge in [0, 0.05) is 19.3 Å². The zero-order chi connectivity index (χ0) is 25.0. The minimum atomic E-state index is -0.756. The van der Waals surface area contributed by atoms with Crippen molar-refractivity contribution in [2.45, 2.75) is 89.2 Å². The van der Waals surface area contributed by atoms with Crippen molar-refractivity contribution in [3.63, 3.8) is 0 Å². The number of thiocarbonyl (C=S) groups is 1. The van der Waals surface area contributed by atoms with Crippen LogP contribution < -0.4 is 4.90 Å². The van der Waals surface area contributed by atoms with E-state index in [1.807, 2.05) is 19.9 Å². The van der Waals surface area contributed by atoms with Crippen molar-refractivity contribution in [2.24, 2.45) is 0 Å². The van der Waals surface area contributed by atoms with Crippen molar-refractivity contribution in [3.8, 4) is 6.07 Å². The molecule has 4 rings (SSSR count). The van der Waals surface area contributed by atoms with Gasteiger partial charge in [-0.25, -0.2) is 0 Å². The van der Waals surface area contributed by atoms with Crippen LogP contribution in [0.15, 0.2) is 18.2 Å². The molecule has 2 saturated heterocycles. The number of nitriles is 1. The summed E-state index contributed by atoms with van der Waals surface area (Å²) in [5.41, 5.74) is 0.211. The maximum Gasteiger partial charge on any atom is 0.258 e. The van der Waals surface area contributed by atoms with E-state index in [-0.39, 0.29) is 24.3 Å².